The van der Waals surface area contributed by atoms with Crippen molar-refractivity contribution in [1.82, 2.24) is 0 Å². The van der Waals surface area contributed by atoms with Gasteiger partial charge in [-0.05, 0) is 145 Å². The van der Waals surface area contributed by atoms with E-state index in [0.29, 0.717) is 70.9 Å². The minimum absolute atomic E-state index is 0.172. The predicted octanol–water partition coefficient (Wildman–Crippen LogP) is 17.4. The first-order valence-electron chi connectivity index (χ1n) is 30.4. The Balaban J connectivity index is 1.43. The standard InChI is InChI=1S/C76H94O8/c1-71(2,3)57-33-45-27-46-34-58(72(4,5)6)38-50(66(46)78)30-55-43-62(76(16,17)18)44-56-32-52-40-60(74(10,11)12)36-48(68(52)80)28-47-35-59(73(7,8)9)39-51(67(47)79)31-54-42-61(75(13,14)15)41-53(29-49(37-57)65(45)77)69(54)83-25-23-81-63-21-19-20-22-64(63)82-24-26-84-70(55)56/h19-22,33-44,77-80H,23-32H2,1-18H3. The van der Waals surface area contributed by atoms with E-state index in [2.05, 4.69) is 197 Å². The third-order valence-corrected chi connectivity index (χ3v) is 17.1. The fourth-order valence-electron chi connectivity index (χ4n) is 11.6. The molecule has 9 rings (SSSR count). The molecule has 10 bridgehead atoms. The van der Waals surface area contributed by atoms with E-state index in [-0.39, 0.29) is 94.8 Å². The Morgan fingerprint density at radius 1 is 0.250 bits per heavy atom. The Bertz CT molecular complexity index is 3190. The Hall–Kier alpha value is -7.06. The summed E-state index contributed by atoms with van der Waals surface area (Å²) in [5, 5.41) is 51.7. The lowest BCUT2D eigenvalue weighted by molar-refractivity contribution is 0.190. The summed E-state index contributed by atoms with van der Waals surface area (Å²) < 4.78 is 27.3. The molecule has 0 amide bonds. The zero-order chi connectivity index (χ0) is 61.2. The number of phenolic OH excluding ortho intramolecular Hbond substituents is 4. The summed E-state index contributed by atoms with van der Waals surface area (Å²) in [7, 11) is 0. The molecule has 7 aromatic rings. The highest BCUT2D eigenvalue weighted by atomic mass is 16.6. The number of para-hydroxylation sites is 2. The molecular weight excluding hydrogens is 1040 g/mol. The molecule has 0 atom stereocenters. The van der Waals surface area contributed by atoms with Crippen molar-refractivity contribution >= 4 is 0 Å². The monoisotopic (exact) mass is 1130 g/mol. The molecule has 0 aliphatic carbocycles. The van der Waals surface area contributed by atoms with Crippen molar-refractivity contribution < 1.29 is 39.4 Å². The van der Waals surface area contributed by atoms with Crippen LogP contribution in [0.5, 0.6) is 46.0 Å². The largest absolute Gasteiger partial charge is 0.507 e. The van der Waals surface area contributed by atoms with Gasteiger partial charge in [-0.15, -0.1) is 0 Å². The molecule has 7 aromatic carbocycles. The van der Waals surface area contributed by atoms with E-state index >= 15 is 0 Å². The van der Waals surface area contributed by atoms with Crippen LogP contribution >= 0.6 is 0 Å². The van der Waals surface area contributed by atoms with E-state index in [1.165, 1.54) is 0 Å². The molecule has 2 heterocycles. The second-order valence-electron chi connectivity index (χ2n) is 30.2. The van der Waals surface area contributed by atoms with Gasteiger partial charge in [0.25, 0.3) is 0 Å². The summed E-state index contributed by atoms with van der Waals surface area (Å²) >= 11 is 0. The van der Waals surface area contributed by atoms with Crippen LogP contribution in [0.3, 0.4) is 0 Å². The van der Waals surface area contributed by atoms with Crippen molar-refractivity contribution in [3.05, 3.63) is 197 Å². The van der Waals surface area contributed by atoms with Crippen molar-refractivity contribution in [3.63, 3.8) is 0 Å². The van der Waals surface area contributed by atoms with Gasteiger partial charge in [0, 0.05) is 38.5 Å². The van der Waals surface area contributed by atoms with Gasteiger partial charge in [0.1, 0.15) is 60.9 Å². The summed E-state index contributed by atoms with van der Waals surface area (Å²) in [6.07, 6.45) is 1.84. The number of aromatic hydroxyl groups is 4. The summed E-state index contributed by atoms with van der Waals surface area (Å²) in [6, 6.07) is 33.5. The van der Waals surface area contributed by atoms with E-state index in [9.17, 15) is 20.4 Å². The highest BCUT2D eigenvalue weighted by molar-refractivity contribution is 5.61. The van der Waals surface area contributed by atoms with Crippen LogP contribution in [-0.2, 0) is 71.0 Å². The van der Waals surface area contributed by atoms with Crippen molar-refractivity contribution in [2.24, 2.45) is 0 Å². The Labute approximate surface area is 502 Å². The molecule has 0 radical (unpaired) electrons. The van der Waals surface area contributed by atoms with Crippen molar-refractivity contribution in [3.8, 4) is 46.0 Å². The van der Waals surface area contributed by atoms with Gasteiger partial charge >= 0.3 is 0 Å². The van der Waals surface area contributed by atoms with Crippen LogP contribution in [0.4, 0.5) is 0 Å². The topological polar surface area (TPSA) is 118 Å². The second kappa shape index (κ2) is 22.7. The second-order valence-corrected chi connectivity index (χ2v) is 30.2. The normalized spacial score (nSPS) is 14.9. The van der Waals surface area contributed by atoms with E-state index in [0.717, 1.165) is 77.9 Å². The Morgan fingerprint density at radius 2 is 0.417 bits per heavy atom. The number of phenols is 4. The first-order chi connectivity index (χ1) is 39.0. The van der Waals surface area contributed by atoms with Crippen molar-refractivity contribution in [2.75, 3.05) is 26.4 Å². The van der Waals surface area contributed by atoms with E-state index in [1.54, 1.807) is 0 Å². The number of ether oxygens (including phenoxy) is 4. The summed E-state index contributed by atoms with van der Waals surface area (Å²) in [5.41, 5.74) is 14.0. The molecule has 4 N–H and O–H groups in total. The number of fused-ring (bicyclic) bond motifs is 14. The van der Waals surface area contributed by atoms with Crippen LogP contribution in [0.25, 0.3) is 0 Å². The molecule has 0 saturated heterocycles. The van der Waals surface area contributed by atoms with Crippen LogP contribution in [0.15, 0.2) is 97.1 Å². The molecule has 0 unspecified atom stereocenters. The SMILES string of the molecule is CC(C)(C)c1cc2c(O)c(c1)Cc1cc(C(C)(C)C)cc3c1OCCOc1ccccc1OCCOc1c(cc(C(C)(C)C)cc1Cc1cc(C(C)(C)C)cc(c1O)Cc1cc(C(C)(C)C)cc(c1O)C3)Cc1cc(C(C)(C)C)cc(c1O)C2. The maximum Gasteiger partial charge on any atom is 0.161 e. The molecule has 0 spiro atoms. The van der Waals surface area contributed by atoms with Crippen LogP contribution < -0.4 is 18.9 Å². The van der Waals surface area contributed by atoms with Crippen LogP contribution in [0.2, 0.25) is 0 Å². The van der Waals surface area contributed by atoms with Gasteiger partial charge in [0.05, 0.1) is 0 Å². The zero-order valence-electron chi connectivity index (χ0n) is 53.7. The molecule has 0 saturated carbocycles. The maximum atomic E-state index is 12.9. The average molecular weight is 1140 g/mol. The Kier molecular flexibility index (Phi) is 16.7. The van der Waals surface area contributed by atoms with Crippen LogP contribution in [0, 0.1) is 0 Å². The minimum Gasteiger partial charge on any atom is -0.507 e. The molecule has 84 heavy (non-hydrogen) atoms. The summed E-state index contributed by atoms with van der Waals surface area (Å²) in [4.78, 5) is 0. The molecule has 2 aliphatic heterocycles. The lowest BCUT2D eigenvalue weighted by Gasteiger charge is -2.28. The third-order valence-electron chi connectivity index (χ3n) is 17.1. The summed E-state index contributed by atoms with van der Waals surface area (Å²) in [5.74, 6) is 3.14. The third kappa shape index (κ3) is 13.5. The van der Waals surface area contributed by atoms with Crippen LogP contribution in [0.1, 0.15) is 225 Å². The highest BCUT2D eigenvalue weighted by Crippen LogP contribution is 2.46. The van der Waals surface area contributed by atoms with Gasteiger partial charge < -0.3 is 39.4 Å². The van der Waals surface area contributed by atoms with Gasteiger partial charge in [-0.3, -0.25) is 0 Å². The van der Waals surface area contributed by atoms with Crippen LogP contribution in [-0.4, -0.2) is 46.9 Å². The predicted molar refractivity (Wildman–Crippen MR) is 343 cm³/mol. The van der Waals surface area contributed by atoms with Crippen molar-refractivity contribution in [2.45, 2.75) is 196 Å². The first-order valence-corrected chi connectivity index (χ1v) is 30.4. The van der Waals surface area contributed by atoms with Crippen molar-refractivity contribution in [1.29, 1.82) is 0 Å². The zero-order valence-corrected chi connectivity index (χ0v) is 53.7. The lowest BCUT2D eigenvalue weighted by atomic mass is 9.79. The fourth-order valence-corrected chi connectivity index (χ4v) is 11.6. The van der Waals surface area contributed by atoms with Gasteiger partial charge in [-0.1, -0.05) is 210 Å². The lowest BCUT2D eigenvalue weighted by Crippen LogP contribution is -2.17. The van der Waals surface area contributed by atoms with E-state index < -0.39 is 0 Å². The van der Waals surface area contributed by atoms with E-state index in [4.69, 9.17) is 18.9 Å². The molecule has 8 nitrogen and oxygen atoms in total. The first kappa shape index (κ1) is 61.5. The minimum atomic E-state index is -0.305. The molecule has 0 fully saturated rings. The molecular formula is C76H94O8. The molecule has 8 heteroatoms. The quantitative estimate of drug-likeness (QED) is 0.119. The number of benzene rings is 7. The summed E-state index contributed by atoms with van der Waals surface area (Å²) in [6.45, 7) is 40.4. The van der Waals surface area contributed by atoms with Gasteiger partial charge in [0.15, 0.2) is 11.5 Å². The van der Waals surface area contributed by atoms with Gasteiger partial charge in [0.2, 0.25) is 0 Å². The van der Waals surface area contributed by atoms with Gasteiger partial charge in [-0.25, -0.2) is 0 Å². The number of rotatable bonds is 0. The average Bonchev–Trinajstić information content (AvgIpc) is 1.62. The van der Waals surface area contributed by atoms with E-state index in [1.807, 2.05) is 24.3 Å². The molecule has 0 aromatic heterocycles. The van der Waals surface area contributed by atoms with Gasteiger partial charge in [-0.2, -0.15) is 0 Å². The number of hydrogen-bond acceptors (Lipinski definition) is 8. The Morgan fingerprint density at radius 3 is 0.607 bits per heavy atom. The number of hydrogen-bond donors (Lipinski definition) is 4. The molecule has 2 aliphatic rings. The fraction of sp³-hybridized carbons (Fsp3) is 0.447. The maximum absolute atomic E-state index is 12.9. The highest BCUT2D eigenvalue weighted by Gasteiger charge is 2.30. The molecule has 446 valence electrons. The smallest absolute Gasteiger partial charge is 0.161 e.